The molecule has 3 aromatic rings. The van der Waals surface area contributed by atoms with Crippen molar-refractivity contribution in [2.75, 3.05) is 0 Å². The number of carbonyl (C=O) groups is 1. The van der Waals surface area contributed by atoms with Gasteiger partial charge < -0.3 is 15.2 Å². The number of rotatable bonds is 3. The van der Waals surface area contributed by atoms with Gasteiger partial charge in [-0.05, 0) is 42.3 Å². The SMILES string of the molecule is Cc1ccccc1C(=O)Oc1ccc2c(c1)OC(N)=C(C#N)C2c1cccc(Cl)c1. The molecule has 30 heavy (non-hydrogen) atoms. The Labute approximate surface area is 178 Å². The van der Waals surface area contributed by atoms with Gasteiger partial charge in [0.25, 0.3) is 0 Å². The van der Waals surface area contributed by atoms with E-state index in [4.69, 9.17) is 26.8 Å². The first kappa shape index (κ1) is 19.6. The van der Waals surface area contributed by atoms with Gasteiger partial charge in [0.05, 0.1) is 11.5 Å². The van der Waals surface area contributed by atoms with Crippen LogP contribution in [0.2, 0.25) is 5.02 Å². The predicted molar refractivity (Wildman–Crippen MR) is 113 cm³/mol. The summed E-state index contributed by atoms with van der Waals surface area (Å²) >= 11 is 6.15. The van der Waals surface area contributed by atoms with E-state index in [9.17, 15) is 10.1 Å². The summed E-state index contributed by atoms with van der Waals surface area (Å²) in [7, 11) is 0. The van der Waals surface area contributed by atoms with Gasteiger partial charge in [0.15, 0.2) is 0 Å². The van der Waals surface area contributed by atoms with Crippen LogP contribution in [0.3, 0.4) is 0 Å². The maximum Gasteiger partial charge on any atom is 0.343 e. The molecule has 6 heteroatoms. The van der Waals surface area contributed by atoms with Crippen molar-refractivity contribution in [2.24, 2.45) is 5.73 Å². The number of ether oxygens (including phenoxy) is 2. The van der Waals surface area contributed by atoms with Crippen molar-refractivity contribution in [1.82, 2.24) is 0 Å². The number of allylic oxidation sites excluding steroid dienone is 1. The fraction of sp³-hybridized carbons (Fsp3) is 0.0833. The summed E-state index contributed by atoms with van der Waals surface area (Å²) in [6.45, 7) is 1.84. The Balaban J connectivity index is 1.71. The maximum atomic E-state index is 12.5. The summed E-state index contributed by atoms with van der Waals surface area (Å²) in [5.41, 5.74) is 9.19. The number of nitriles is 1. The largest absolute Gasteiger partial charge is 0.440 e. The molecule has 148 valence electrons. The zero-order chi connectivity index (χ0) is 21.3. The molecule has 1 aliphatic rings. The Hall–Kier alpha value is -3.75. The standard InChI is InChI=1S/C24H17ClN2O3/c1-14-5-2-3-8-18(14)24(28)29-17-9-10-19-21(12-17)30-23(27)20(13-26)22(19)15-6-4-7-16(25)11-15/h2-12,22H,27H2,1H3. The first-order valence-electron chi connectivity index (χ1n) is 9.22. The summed E-state index contributed by atoms with van der Waals surface area (Å²) < 4.78 is 11.2. The van der Waals surface area contributed by atoms with Gasteiger partial charge in [-0.2, -0.15) is 5.26 Å². The van der Waals surface area contributed by atoms with Crippen LogP contribution in [-0.2, 0) is 0 Å². The molecular formula is C24H17ClN2O3. The van der Waals surface area contributed by atoms with E-state index in [0.29, 0.717) is 27.7 Å². The Kier molecular flexibility index (Phi) is 5.18. The molecule has 1 atom stereocenters. The molecule has 0 aliphatic carbocycles. The number of fused-ring (bicyclic) bond motifs is 1. The fourth-order valence-corrected chi connectivity index (χ4v) is 3.69. The molecule has 5 nitrogen and oxygen atoms in total. The lowest BCUT2D eigenvalue weighted by Gasteiger charge is -2.26. The number of nitrogens with two attached hydrogens (primary N) is 1. The summed E-state index contributed by atoms with van der Waals surface area (Å²) in [5, 5.41) is 10.2. The molecule has 0 saturated heterocycles. The second kappa shape index (κ2) is 7.94. The topological polar surface area (TPSA) is 85.3 Å². The Morgan fingerprint density at radius 1 is 1.13 bits per heavy atom. The second-order valence-electron chi connectivity index (χ2n) is 6.88. The lowest BCUT2D eigenvalue weighted by atomic mass is 9.83. The highest BCUT2D eigenvalue weighted by molar-refractivity contribution is 6.30. The number of nitrogens with zero attached hydrogens (tertiary/aromatic N) is 1. The van der Waals surface area contributed by atoms with E-state index in [2.05, 4.69) is 6.07 Å². The minimum atomic E-state index is -0.462. The van der Waals surface area contributed by atoms with E-state index >= 15 is 0 Å². The highest BCUT2D eigenvalue weighted by atomic mass is 35.5. The lowest BCUT2D eigenvalue weighted by molar-refractivity contribution is 0.0733. The third kappa shape index (κ3) is 3.61. The molecule has 1 heterocycles. The smallest absolute Gasteiger partial charge is 0.343 e. The normalized spacial score (nSPS) is 15.0. The monoisotopic (exact) mass is 416 g/mol. The fourth-order valence-electron chi connectivity index (χ4n) is 3.49. The van der Waals surface area contributed by atoms with Gasteiger partial charge in [-0.15, -0.1) is 0 Å². The van der Waals surface area contributed by atoms with Crippen molar-refractivity contribution < 1.29 is 14.3 Å². The molecule has 0 amide bonds. The zero-order valence-electron chi connectivity index (χ0n) is 16.1. The molecule has 0 spiro atoms. The second-order valence-corrected chi connectivity index (χ2v) is 7.32. The average Bonchev–Trinajstić information content (AvgIpc) is 2.73. The number of halogens is 1. The Bertz CT molecular complexity index is 1230. The third-order valence-electron chi connectivity index (χ3n) is 4.95. The molecule has 0 fully saturated rings. The average molecular weight is 417 g/mol. The van der Waals surface area contributed by atoms with Crippen LogP contribution in [0.4, 0.5) is 0 Å². The van der Waals surface area contributed by atoms with Gasteiger partial charge in [-0.1, -0.05) is 48.0 Å². The van der Waals surface area contributed by atoms with Crippen molar-refractivity contribution in [3.05, 3.63) is 105 Å². The van der Waals surface area contributed by atoms with Crippen LogP contribution in [0, 0.1) is 18.3 Å². The maximum absolute atomic E-state index is 12.5. The van der Waals surface area contributed by atoms with Gasteiger partial charge >= 0.3 is 5.97 Å². The van der Waals surface area contributed by atoms with Crippen molar-refractivity contribution in [3.8, 4) is 17.6 Å². The van der Waals surface area contributed by atoms with Crippen molar-refractivity contribution in [2.45, 2.75) is 12.8 Å². The van der Waals surface area contributed by atoms with Gasteiger partial charge in [0.2, 0.25) is 5.88 Å². The van der Waals surface area contributed by atoms with E-state index < -0.39 is 11.9 Å². The minimum absolute atomic E-state index is 0.0114. The molecule has 0 bridgehead atoms. The molecule has 3 aromatic carbocycles. The first-order chi connectivity index (χ1) is 14.5. The van der Waals surface area contributed by atoms with Gasteiger partial charge in [-0.25, -0.2) is 4.79 Å². The van der Waals surface area contributed by atoms with Crippen LogP contribution in [0.25, 0.3) is 0 Å². The predicted octanol–water partition coefficient (Wildman–Crippen LogP) is 5.09. The Morgan fingerprint density at radius 2 is 1.93 bits per heavy atom. The summed E-state index contributed by atoms with van der Waals surface area (Å²) in [6, 6.07) is 21.6. The highest BCUT2D eigenvalue weighted by Crippen LogP contribution is 2.43. The number of hydrogen-bond donors (Lipinski definition) is 1. The molecule has 2 N–H and O–H groups in total. The summed E-state index contributed by atoms with van der Waals surface area (Å²) in [6.07, 6.45) is 0. The van der Waals surface area contributed by atoms with Crippen LogP contribution in [-0.4, -0.2) is 5.97 Å². The zero-order valence-corrected chi connectivity index (χ0v) is 16.8. The molecule has 1 unspecified atom stereocenters. The van der Waals surface area contributed by atoms with Crippen molar-refractivity contribution in [3.63, 3.8) is 0 Å². The lowest BCUT2D eigenvalue weighted by Crippen LogP contribution is -2.21. The Morgan fingerprint density at radius 3 is 2.67 bits per heavy atom. The third-order valence-corrected chi connectivity index (χ3v) is 5.18. The van der Waals surface area contributed by atoms with Crippen molar-refractivity contribution >= 4 is 17.6 Å². The van der Waals surface area contributed by atoms with Gasteiger partial charge in [0.1, 0.15) is 23.1 Å². The van der Waals surface area contributed by atoms with Crippen molar-refractivity contribution in [1.29, 1.82) is 5.26 Å². The molecule has 0 radical (unpaired) electrons. The van der Waals surface area contributed by atoms with Gasteiger partial charge in [-0.3, -0.25) is 0 Å². The van der Waals surface area contributed by atoms with Crippen LogP contribution >= 0.6 is 11.6 Å². The van der Waals surface area contributed by atoms with E-state index in [-0.39, 0.29) is 5.88 Å². The van der Waals surface area contributed by atoms with Crippen LogP contribution in [0.1, 0.15) is 33.0 Å². The van der Waals surface area contributed by atoms with E-state index in [0.717, 1.165) is 16.7 Å². The first-order valence-corrected chi connectivity index (χ1v) is 9.60. The summed E-state index contributed by atoms with van der Waals surface area (Å²) in [5.74, 6) is -0.140. The van der Waals surface area contributed by atoms with E-state index in [1.807, 2.05) is 31.2 Å². The van der Waals surface area contributed by atoms with E-state index in [1.165, 1.54) is 0 Å². The molecule has 0 aromatic heterocycles. The molecular weight excluding hydrogens is 400 g/mol. The van der Waals surface area contributed by atoms with E-state index in [1.54, 1.807) is 42.5 Å². The summed E-state index contributed by atoms with van der Waals surface area (Å²) in [4.78, 5) is 12.5. The number of aryl methyl sites for hydroxylation is 1. The molecule has 0 saturated carbocycles. The number of hydrogen-bond acceptors (Lipinski definition) is 5. The minimum Gasteiger partial charge on any atom is -0.440 e. The highest BCUT2D eigenvalue weighted by Gasteiger charge is 2.31. The molecule has 4 rings (SSSR count). The number of esters is 1. The van der Waals surface area contributed by atoms with Crippen LogP contribution in [0.5, 0.6) is 11.5 Å². The quantitative estimate of drug-likeness (QED) is 0.475. The number of carbonyl (C=O) groups excluding carboxylic acids is 1. The van der Waals surface area contributed by atoms with Crippen LogP contribution < -0.4 is 15.2 Å². The van der Waals surface area contributed by atoms with Gasteiger partial charge in [0, 0.05) is 16.7 Å². The molecule has 1 aliphatic heterocycles. The number of benzene rings is 3. The van der Waals surface area contributed by atoms with Crippen LogP contribution in [0.15, 0.2) is 78.2 Å².